The molecule has 2 rings (SSSR count). The Morgan fingerprint density at radius 2 is 1.49 bits per heavy atom. The first-order chi connectivity index (χ1) is 17.4. The number of benzene rings is 2. The quantitative estimate of drug-likeness (QED) is 0.207. The molecule has 0 radical (unpaired) electrons. The van der Waals surface area contributed by atoms with Gasteiger partial charge in [-0.2, -0.15) is 0 Å². The van der Waals surface area contributed by atoms with Crippen molar-refractivity contribution in [1.29, 1.82) is 0 Å². The van der Waals surface area contributed by atoms with Crippen molar-refractivity contribution in [3.8, 4) is 0 Å². The molecule has 0 saturated carbocycles. The summed E-state index contributed by atoms with van der Waals surface area (Å²) < 4.78 is 12.3. The van der Waals surface area contributed by atoms with Gasteiger partial charge in [-0.3, -0.25) is 4.79 Å². The normalized spacial score (nSPS) is 14.4. The highest BCUT2D eigenvalue weighted by Crippen LogP contribution is 2.39. The lowest BCUT2D eigenvalue weighted by Crippen LogP contribution is -2.53. The van der Waals surface area contributed by atoms with Crippen molar-refractivity contribution < 1.29 is 23.9 Å². The molecule has 0 saturated heterocycles. The third-order valence-electron chi connectivity index (χ3n) is 7.22. The number of nitrogens with one attached hydrogen (secondary N) is 1. The molecule has 0 aliphatic carbocycles. The van der Waals surface area contributed by atoms with Crippen LogP contribution >= 0.6 is 0 Å². The monoisotopic (exact) mass is 527 g/mol. The lowest BCUT2D eigenvalue weighted by molar-refractivity contribution is -0.142. The molecule has 0 heterocycles. The first-order valence-electron chi connectivity index (χ1n) is 13.3. The standard InChI is InChI=1S/C30H45NO5Si/c1-7-8-19-35-29(34)31-26(21-24-17-13-10-14-18-24)27(36-37(5,6)30(2,3)4)22-25(28(32)33)20-23-15-11-9-12-16-23/h9-18,25-27H,7-8,19-22H2,1-6H3,(H,31,34)(H,32,33)/t25-,26+,27+/m1/s1. The number of unbranched alkanes of at least 4 members (excludes halogenated alkanes) is 1. The lowest BCUT2D eigenvalue weighted by Gasteiger charge is -2.42. The van der Waals surface area contributed by atoms with Crippen LogP contribution in [0.3, 0.4) is 0 Å². The topological polar surface area (TPSA) is 84.9 Å². The number of ether oxygens (including phenoxy) is 1. The summed E-state index contributed by atoms with van der Waals surface area (Å²) in [6, 6.07) is 19.1. The highest BCUT2D eigenvalue weighted by molar-refractivity contribution is 6.74. The van der Waals surface area contributed by atoms with Crippen LogP contribution in [0.1, 0.15) is 58.1 Å². The van der Waals surface area contributed by atoms with E-state index in [1.807, 2.05) is 67.6 Å². The third kappa shape index (κ3) is 10.3. The molecule has 0 spiro atoms. The Balaban J connectivity index is 2.41. The first kappa shape index (κ1) is 30.6. The summed E-state index contributed by atoms with van der Waals surface area (Å²) in [5.74, 6) is -1.52. The van der Waals surface area contributed by atoms with Gasteiger partial charge in [0.05, 0.1) is 24.7 Å². The van der Waals surface area contributed by atoms with Crippen LogP contribution in [0.2, 0.25) is 18.1 Å². The summed E-state index contributed by atoms with van der Waals surface area (Å²) in [5.41, 5.74) is 2.01. The minimum atomic E-state index is -2.31. The molecule has 0 aliphatic rings. The van der Waals surface area contributed by atoms with E-state index in [2.05, 4.69) is 39.2 Å². The predicted molar refractivity (Wildman–Crippen MR) is 151 cm³/mol. The Hall–Kier alpha value is -2.64. The molecular weight excluding hydrogens is 482 g/mol. The zero-order chi connectivity index (χ0) is 27.5. The maximum atomic E-state index is 12.8. The second kappa shape index (κ2) is 14.3. The summed E-state index contributed by atoms with van der Waals surface area (Å²) in [5, 5.41) is 13.2. The Labute approximate surface area is 223 Å². The fraction of sp³-hybridized carbons (Fsp3) is 0.533. The van der Waals surface area contributed by atoms with E-state index in [-0.39, 0.29) is 11.5 Å². The summed E-state index contributed by atoms with van der Waals surface area (Å²) in [6.45, 7) is 13.2. The summed E-state index contributed by atoms with van der Waals surface area (Å²) in [4.78, 5) is 25.2. The van der Waals surface area contributed by atoms with Gasteiger partial charge in [-0.05, 0) is 54.9 Å². The number of carboxylic acid groups (broad SMARTS) is 1. The number of amides is 1. The van der Waals surface area contributed by atoms with Crippen molar-refractivity contribution in [3.63, 3.8) is 0 Å². The SMILES string of the molecule is CCCCOC(=O)N[C@@H](Cc1ccccc1)[C@H](C[C@@H](Cc1ccccc1)C(=O)O)O[Si](C)(C)C(C)(C)C. The molecule has 0 bridgehead atoms. The highest BCUT2D eigenvalue weighted by Gasteiger charge is 2.42. The Bertz CT molecular complexity index is 959. The molecule has 3 atom stereocenters. The number of carbonyl (C=O) groups is 2. The van der Waals surface area contributed by atoms with E-state index in [1.165, 1.54) is 0 Å². The van der Waals surface area contributed by atoms with Gasteiger partial charge < -0.3 is 19.6 Å². The molecule has 0 fully saturated rings. The summed E-state index contributed by atoms with van der Waals surface area (Å²) in [6.07, 6.45) is 1.92. The molecule has 37 heavy (non-hydrogen) atoms. The minimum absolute atomic E-state index is 0.0810. The van der Waals surface area contributed by atoms with Crippen molar-refractivity contribution in [2.45, 2.75) is 90.1 Å². The molecule has 2 aromatic carbocycles. The van der Waals surface area contributed by atoms with Crippen molar-refractivity contribution in [2.24, 2.45) is 5.92 Å². The molecule has 1 amide bonds. The van der Waals surface area contributed by atoms with Gasteiger partial charge in [0.2, 0.25) is 0 Å². The number of carboxylic acids is 1. The van der Waals surface area contributed by atoms with Crippen molar-refractivity contribution >= 4 is 20.4 Å². The van der Waals surface area contributed by atoms with E-state index >= 15 is 0 Å². The number of hydrogen-bond donors (Lipinski definition) is 2. The number of rotatable bonds is 14. The van der Waals surface area contributed by atoms with E-state index in [0.29, 0.717) is 19.4 Å². The zero-order valence-electron chi connectivity index (χ0n) is 23.3. The van der Waals surface area contributed by atoms with Gasteiger partial charge in [0.1, 0.15) is 0 Å². The van der Waals surface area contributed by atoms with Crippen LogP contribution in [0.4, 0.5) is 4.79 Å². The van der Waals surface area contributed by atoms with E-state index in [4.69, 9.17) is 9.16 Å². The van der Waals surface area contributed by atoms with Crippen molar-refractivity contribution in [3.05, 3.63) is 71.8 Å². The van der Waals surface area contributed by atoms with Crippen LogP contribution in [0.15, 0.2) is 60.7 Å². The maximum Gasteiger partial charge on any atom is 0.407 e. The molecule has 2 aromatic rings. The molecule has 204 valence electrons. The second-order valence-electron chi connectivity index (χ2n) is 11.3. The van der Waals surface area contributed by atoms with Gasteiger partial charge in [-0.1, -0.05) is 94.8 Å². The van der Waals surface area contributed by atoms with Crippen LogP contribution in [0.25, 0.3) is 0 Å². The van der Waals surface area contributed by atoms with Gasteiger partial charge in [0, 0.05) is 0 Å². The molecule has 2 N–H and O–H groups in total. The van der Waals surface area contributed by atoms with Gasteiger partial charge in [0.15, 0.2) is 8.32 Å². The number of carbonyl (C=O) groups excluding carboxylic acids is 1. The smallest absolute Gasteiger partial charge is 0.407 e. The number of aliphatic carboxylic acids is 1. The van der Waals surface area contributed by atoms with Crippen LogP contribution in [-0.4, -0.2) is 44.2 Å². The Morgan fingerprint density at radius 1 is 0.946 bits per heavy atom. The van der Waals surface area contributed by atoms with E-state index in [0.717, 1.165) is 24.0 Å². The van der Waals surface area contributed by atoms with E-state index in [1.54, 1.807) is 0 Å². The molecule has 0 unspecified atom stereocenters. The maximum absolute atomic E-state index is 12.8. The molecular formula is C30H45NO5Si. The number of hydrogen-bond acceptors (Lipinski definition) is 4. The summed E-state index contributed by atoms with van der Waals surface area (Å²) in [7, 11) is -2.31. The average molecular weight is 528 g/mol. The predicted octanol–water partition coefficient (Wildman–Crippen LogP) is 6.85. The third-order valence-corrected chi connectivity index (χ3v) is 11.7. The fourth-order valence-corrected chi connectivity index (χ4v) is 5.32. The van der Waals surface area contributed by atoms with Gasteiger partial charge in [0.25, 0.3) is 0 Å². The molecule has 7 heteroatoms. The van der Waals surface area contributed by atoms with Crippen LogP contribution in [-0.2, 0) is 26.8 Å². The van der Waals surface area contributed by atoms with E-state index in [9.17, 15) is 14.7 Å². The molecule has 0 aliphatic heterocycles. The highest BCUT2D eigenvalue weighted by atomic mass is 28.4. The van der Waals surface area contributed by atoms with Crippen LogP contribution < -0.4 is 5.32 Å². The second-order valence-corrected chi connectivity index (χ2v) is 16.1. The fourth-order valence-electron chi connectivity index (χ4n) is 3.95. The van der Waals surface area contributed by atoms with Crippen molar-refractivity contribution in [1.82, 2.24) is 5.32 Å². The summed E-state index contributed by atoms with van der Waals surface area (Å²) >= 11 is 0. The molecule has 0 aromatic heterocycles. The Kier molecular flexibility index (Phi) is 11.8. The van der Waals surface area contributed by atoms with Crippen molar-refractivity contribution in [2.75, 3.05) is 6.61 Å². The van der Waals surface area contributed by atoms with Gasteiger partial charge in [-0.15, -0.1) is 0 Å². The van der Waals surface area contributed by atoms with Crippen LogP contribution in [0, 0.1) is 5.92 Å². The molecule has 6 nitrogen and oxygen atoms in total. The lowest BCUT2D eigenvalue weighted by atomic mass is 9.89. The zero-order valence-corrected chi connectivity index (χ0v) is 24.3. The Morgan fingerprint density at radius 3 is 1.97 bits per heavy atom. The van der Waals surface area contributed by atoms with E-state index < -0.39 is 38.4 Å². The van der Waals surface area contributed by atoms with Crippen LogP contribution in [0.5, 0.6) is 0 Å². The van der Waals surface area contributed by atoms with Gasteiger partial charge in [-0.25, -0.2) is 4.79 Å². The first-order valence-corrected chi connectivity index (χ1v) is 16.3. The largest absolute Gasteiger partial charge is 0.481 e. The van der Waals surface area contributed by atoms with Gasteiger partial charge >= 0.3 is 12.1 Å². The number of alkyl carbamates (subject to hydrolysis) is 1. The minimum Gasteiger partial charge on any atom is -0.481 e. The average Bonchev–Trinajstić information content (AvgIpc) is 2.83.